The van der Waals surface area contributed by atoms with E-state index in [9.17, 15) is 4.79 Å². The van der Waals surface area contributed by atoms with Crippen LogP contribution in [0, 0.1) is 6.92 Å². The summed E-state index contributed by atoms with van der Waals surface area (Å²) in [4.78, 5) is 24.8. The van der Waals surface area contributed by atoms with Gasteiger partial charge in [-0.3, -0.25) is 9.69 Å². The van der Waals surface area contributed by atoms with Gasteiger partial charge in [0.15, 0.2) is 0 Å². The number of hydrogen-bond acceptors (Lipinski definition) is 4. The van der Waals surface area contributed by atoms with Gasteiger partial charge in [-0.1, -0.05) is 24.3 Å². The lowest BCUT2D eigenvalue weighted by atomic mass is 9.87. The average molecular weight is 368 g/mol. The van der Waals surface area contributed by atoms with Gasteiger partial charge in [-0.15, -0.1) is 0 Å². The molecule has 3 heterocycles. The summed E-state index contributed by atoms with van der Waals surface area (Å²) < 4.78 is 6.27. The highest BCUT2D eigenvalue weighted by molar-refractivity contribution is 5.77. The summed E-state index contributed by atoms with van der Waals surface area (Å²) in [6, 6.07) is 8.29. The number of benzene rings is 1. The largest absolute Gasteiger partial charge is 0.373 e. The molecule has 2 aliphatic rings. The molecule has 0 radical (unpaired) electrons. The number of H-pyrrole nitrogens is 1. The van der Waals surface area contributed by atoms with Crippen molar-refractivity contribution in [3.8, 4) is 0 Å². The monoisotopic (exact) mass is 368 g/mol. The molecule has 1 N–H and O–H groups in total. The maximum atomic E-state index is 13.0. The Hall–Kier alpha value is -2.18. The SMILES string of the molecule is Cc1ccccc1CN1CCOC2(CCN(Cc3ncc[nH]3)CC2)CC1=O. The van der Waals surface area contributed by atoms with E-state index < -0.39 is 0 Å². The Morgan fingerprint density at radius 1 is 1.19 bits per heavy atom. The standard InChI is InChI=1S/C21H28N4O2/c1-17-4-2-3-5-18(17)15-25-12-13-27-21(14-20(25)26)6-10-24(11-7-21)16-19-22-8-9-23-19/h2-5,8-9H,6-7,10-16H2,1H3,(H,22,23). The van der Waals surface area contributed by atoms with Crippen LogP contribution in [0.2, 0.25) is 0 Å². The van der Waals surface area contributed by atoms with Crippen molar-refractivity contribution in [2.45, 2.75) is 44.9 Å². The number of imidazole rings is 1. The van der Waals surface area contributed by atoms with Gasteiger partial charge in [0.1, 0.15) is 5.82 Å². The minimum Gasteiger partial charge on any atom is -0.373 e. The van der Waals surface area contributed by atoms with Crippen LogP contribution in [0.25, 0.3) is 0 Å². The predicted octanol–water partition coefficient (Wildman–Crippen LogP) is 2.50. The predicted molar refractivity (Wildman–Crippen MR) is 103 cm³/mol. The summed E-state index contributed by atoms with van der Waals surface area (Å²) in [6.45, 7) is 6.77. The molecule has 2 fully saturated rings. The molecular formula is C21H28N4O2. The van der Waals surface area contributed by atoms with Crippen molar-refractivity contribution >= 4 is 5.91 Å². The summed E-state index contributed by atoms with van der Waals surface area (Å²) in [5.41, 5.74) is 2.16. The Kier molecular flexibility index (Phi) is 5.27. The molecule has 27 heavy (non-hydrogen) atoms. The van der Waals surface area contributed by atoms with Crippen LogP contribution in [-0.4, -0.2) is 57.5 Å². The zero-order valence-electron chi connectivity index (χ0n) is 16.0. The lowest BCUT2D eigenvalue weighted by Gasteiger charge is -2.40. The third kappa shape index (κ3) is 4.22. The molecule has 4 rings (SSSR count). The minimum absolute atomic E-state index is 0.218. The molecule has 1 spiro atoms. The van der Waals surface area contributed by atoms with Crippen molar-refractivity contribution in [2.75, 3.05) is 26.2 Å². The Morgan fingerprint density at radius 2 is 2.00 bits per heavy atom. The highest BCUT2D eigenvalue weighted by atomic mass is 16.5. The molecule has 1 aromatic heterocycles. The first-order valence-corrected chi connectivity index (χ1v) is 9.80. The van der Waals surface area contributed by atoms with Crippen LogP contribution in [0.1, 0.15) is 36.2 Å². The van der Waals surface area contributed by atoms with E-state index in [0.717, 1.165) is 38.3 Å². The number of aromatic amines is 1. The molecule has 144 valence electrons. The van der Waals surface area contributed by atoms with Crippen molar-refractivity contribution in [3.63, 3.8) is 0 Å². The van der Waals surface area contributed by atoms with Gasteiger partial charge in [0.2, 0.25) is 5.91 Å². The van der Waals surface area contributed by atoms with Crippen LogP contribution in [0.5, 0.6) is 0 Å². The lowest BCUT2D eigenvalue weighted by Crippen LogP contribution is -2.47. The van der Waals surface area contributed by atoms with E-state index in [0.29, 0.717) is 26.1 Å². The number of hydrogen-bond donors (Lipinski definition) is 1. The van der Waals surface area contributed by atoms with Crippen LogP contribution >= 0.6 is 0 Å². The molecule has 6 nitrogen and oxygen atoms in total. The van der Waals surface area contributed by atoms with E-state index in [1.165, 1.54) is 11.1 Å². The number of rotatable bonds is 4. The normalized spacial score (nSPS) is 20.8. The molecule has 2 aromatic rings. The number of nitrogens with one attached hydrogen (secondary N) is 1. The Balaban J connectivity index is 1.36. The summed E-state index contributed by atoms with van der Waals surface area (Å²) in [7, 11) is 0. The highest BCUT2D eigenvalue weighted by Crippen LogP contribution is 2.33. The third-order valence-electron chi connectivity index (χ3n) is 5.91. The van der Waals surface area contributed by atoms with Crippen LogP contribution < -0.4 is 0 Å². The van der Waals surface area contributed by atoms with Crippen LogP contribution in [0.4, 0.5) is 0 Å². The Morgan fingerprint density at radius 3 is 2.74 bits per heavy atom. The first-order valence-electron chi connectivity index (χ1n) is 9.80. The van der Waals surface area contributed by atoms with Gasteiger partial charge in [0.25, 0.3) is 0 Å². The second-order valence-corrected chi connectivity index (χ2v) is 7.76. The van der Waals surface area contributed by atoms with Gasteiger partial charge in [0.05, 0.1) is 25.2 Å². The number of nitrogens with zero attached hydrogens (tertiary/aromatic N) is 3. The van der Waals surface area contributed by atoms with E-state index in [1.807, 2.05) is 23.2 Å². The third-order valence-corrected chi connectivity index (χ3v) is 5.91. The summed E-state index contributed by atoms with van der Waals surface area (Å²) >= 11 is 0. The number of ether oxygens (including phenoxy) is 1. The molecule has 1 amide bonds. The van der Waals surface area contributed by atoms with Gasteiger partial charge >= 0.3 is 0 Å². The van der Waals surface area contributed by atoms with Crippen molar-refractivity contribution < 1.29 is 9.53 Å². The number of amides is 1. The number of likely N-dealkylation sites (tertiary alicyclic amines) is 1. The maximum absolute atomic E-state index is 13.0. The second-order valence-electron chi connectivity index (χ2n) is 7.76. The first-order chi connectivity index (χ1) is 13.1. The fourth-order valence-electron chi connectivity index (χ4n) is 4.13. The molecular weight excluding hydrogens is 340 g/mol. The number of piperidine rings is 1. The number of carbonyl (C=O) groups is 1. The molecule has 0 aliphatic carbocycles. The zero-order chi connectivity index (χ0) is 18.7. The van der Waals surface area contributed by atoms with Crippen LogP contribution in [-0.2, 0) is 22.6 Å². The Bertz CT molecular complexity index is 766. The molecule has 1 aromatic carbocycles. The van der Waals surface area contributed by atoms with Crippen molar-refractivity contribution in [3.05, 3.63) is 53.6 Å². The van der Waals surface area contributed by atoms with E-state index in [2.05, 4.69) is 33.9 Å². The lowest BCUT2D eigenvalue weighted by molar-refractivity contribution is -0.136. The van der Waals surface area contributed by atoms with Gasteiger partial charge in [-0.2, -0.15) is 0 Å². The molecule has 0 atom stereocenters. The number of aromatic nitrogens is 2. The van der Waals surface area contributed by atoms with Crippen molar-refractivity contribution in [1.82, 2.24) is 19.8 Å². The van der Waals surface area contributed by atoms with Crippen molar-refractivity contribution in [2.24, 2.45) is 0 Å². The topological polar surface area (TPSA) is 61.5 Å². The molecule has 2 saturated heterocycles. The highest BCUT2D eigenvalue weighted by Gasteiger charge is 2.40. The van der Waals surface area contributed by atoms with Crippen LogP contribution in [0.15, 0.2) is 36.7 Å². The van der Waals surface area contributed by atoms with Gasteiger partial charge in [0, 0.05) is 38.6 Å². The number of aryl methyl sites for hydroxylation is 1. The zero-order valence-corrected chi connectivity index (χ0v) is 16.0. The van der Waals surface area contributed by atoms with E-state index >= 15 is 0 Å². The van der Waals surface area contributed by atoms with Crippen molar-refractivity contribution in [1.29, 1.82) is 0 Å². The van der Waals surface area contributed by atoms with Gasteiger partial charge < -0.3 is 14.6 Å². The number of carbonyl (C=O) groups excluding carboxylic acids is 1. The molecule has 6 heteroatoms. The summed E-state index contributed by atoms with van der Waals surface area (Å²) in [5, 5.41) is 0. The average Bonchev–Trinajstić information content (AvgIpc) is 3.12. The van der Waals surface area contributed by atoms with E-state index in [4.69, 9.17) is 4.74 Å². The molecule has 0 bridgehead atoms. The summed E-state index contributed by atoms with van der Waals surface area (Å²) in [6.07, 6.45) is 5.94. The first kappa shape index (κ1) is 18.2. The molecule has 0 saturated carbocycles. The van der Waals surface area contributed by atoms with E-state index in [-0.39, 0.29) is 11.5 Å². The van der Waals surface area contributed by atoms with Gasteiger partial charge in [-0.05, 0) is 30.9 Å². The van der Waals surface area contributed by atoms with Gasteiger partial charge in [-0.25, -0.2) is 4.98 Å². The maximum Gasteiger partial charge on any atom is 0.225 e. The second kappa shape index (κ2) is 7.82. The van der Waals surface area contributed by atoms with Crippen LogP contribution in [0.3, 0.4) is 0 Å². The quantitative estimate of drug-likeness (QED) is 0.901. The van der Waals surface area contributed by atoms with E-state index in [1.54, 1.807) is 6.20 Å². The fraction of sp³-hybridized carbons (Fsp3) is 0.524. The fourth-order valence-corrected chi connectivity index (χ4v) is 4.13. The minimum atomic E-state index is -0.294. The molecule has 0 unspecified atom stereocenters. The molecule has 2 aliphatic heterocycles. The Labute approximate surface area is 160 Å². The summed E-state index contributed by atoms with van der Waals surface area (Å²) in [5.74, 6) is 1.21. The smallest absolute Gasteiger partial charge is 0.225 e.